The fourth-order valence-electron chi connectivity index (χ4n) is 1.60. The molecule has 98 valence electrons. The van der Waals surface area contributed by atoms with Gasteiger partial charge in [0, 0.05) is 12.8 Å². The van der Waals surface area contributed by atoms with Gasteiger partial charge in [-0.25, -0.2) is 0 Å². The van der Waals surface area contributed by atoms with Crippen LogP contribution in [0, 0.1) is 0 Å². The highest BCUT2D eigenvalue weighted by Crippen LogP contribution is 2.23. The van der Waals surface area contributed by atoms with Crippen LogP contribution in [0.15, 0.2) is 0 Å². The molecule has 1 aliphatic rings. The molecule has 0 aromatic rings. The summed E-state index contributed by atoms with van der Waals surface area (Å²) >= 11 is 0. The maximum absolute atomic E-state index is 11.2. The quantitative estimate of drug-likeness (QED) is 0.705. The van der Waals surface area contributed by atoms with E-state index < -0.39 is 12.4 Å². The Morgan fingerprint density at radius 1 is 1.12 bits per heavy atom. The van der Waals surface area contributed by atoms with Gasteiger partial charge in [-0.1, -0.05) is 13.8 Å². The van der Waals surface area contributed by atoms with Crippen LogP contribution >= 0.6 is 0 Å². The minimum absolute atomic E-state index is 0.0150. The maximum atomic E-state index is 11.2. The summed E-state index contributed by atoms with van der Waals surface area (Å²) in [4.78, 5) is 22.5. The zero-order chi connectivity index (χ0) is 12.8. The Morgan fingerprint density at radius 3 is 2.29 bits per heavy atom. The molecule has 1 saturated heterocycles. The lowest BCUT2D eigenvalue weighted by atomic mass is 10.1. The molecule has 0 bridgehead atoms. The van der Waals surface area contributed by atoms with Crippen LogP contribution in [0.3, 0.4) is 0 Å². The number of carbonyl (C=O) groups is 2. The monoisotopic (exact) mass is 244 g/mol. The van der Waals surface area contributed by atoms with Crippen LogP contribution in [-0.2, 0) is 23.8 Å². The molecule has 0 saturated carbocycles. The molecule has 0 aromatic heterocycles. The van der Waals surface area contributed by atoms with Crippen LogP contribution < -0.4 is 0 Å². The summed E-state index contributed by atoms with van der Waals surface area (Å²) in [5.74, 6) is -0.646. The van der Waals surface area contributed by atoms with Gasteiger partial charge in [-0.05, 0) is 19.8 Å². The van der Waals surface area contributed by atoms with E-state index in [1.807, 2.05) is 6.92 Å². The number of hydrogen-bond acceptors (Lipinski definition) is 5. The Bertz CT molecular complexity index is 276. The lowest BCUT2D eigenvalue weighted by Crippen LogP contribution is -2.43. The Labute approximate surface area is 101 Å². The molecule has 3 atom stereocenters. The first-order chi connectivity index (χ1) is 8.06. The van der Waals surface area contributed by atoms with Crippen molar-refractivity contribution in [3.05, 3.63) is 0 Å². The molecular formula is C12H20O5. The van der Waals surface area contributed by atoms with Crippen molar-refractivity contribution in [2.24, 2.45) is 0 Å². The van der Waals surface area contributed by atoms with Gasteiger partial charge in [-0.2, -0.15) is 0 Å². The molecule has 17 heavy (non-hydrogen) atoms. The van der Waals surface area contributed by atoms with Crippen molar-refractivity contribution in [2.75, 3.05) is 0 Å². The van der Waals surface area contributed by atoms with Crippen molar-refractivity contribution >= 4 is 11.9 Å². The van der Waals surface area contributed by atoms with E-state index >= 15 is 0 Å². The highest BCUT2D eigenvalue weighted by atomic mass is 16.7. The minimum atomic E-state index is -0.762. The maximum Gasteiger partial charge on any atom is 0.307 e. The lowest BCUT2D eigenvalue weighted by Gasteiger charge is -2.33. The molecule has 1 fully saturated rings. The molecule has 1 heterocycles. The SMILES string of the molecule is CCC(=O)OC1O[C@@H](C)CC[C@@H]1OC(=O)CC. The molecule has 0 N–H and O–H groups in total. The van der Waals surface area contributed by atoms with Gasteiger partial charge in [-0.3, -0.25) is 9.59 Å². The van der Waals surface area contributed by atoms with E-state index in [1.165, 1.54) is 0 Å². The zero-order valence-corrected chi connectivity index (χ0v) is 10.6. The van der Waals surface area contributed by atoms with Crippen molar-refractivity contribution in [1.82, 2.24) is 0 Å². The molecule has 0 amide bonds. The third-order valence-corrected chi connectivity index (χ3v) is 2.64. The third-order valence-electron chi connectivity index (χ3n) is 2.64. The first-order valence-electron chi connectivity index (χ1n) is 6.11. The smallest absolute Gasteiger partial charge is 0.307 e. The van der Waals surface area contributed by atoms with Crippen molar-refractivity contribution in [2.45, 2.75) is 65.0 Å². The van der Waals surface area contributed by atoms with Gasteiger partial charge in [-0.15, -0.1) is 0 Å². The molecule has 0 aromatic carbocycles. The van der Waals surface area contributed by atoms with Gasteiger partial charge < -0.3 is 14.2 Å². The summed E-state index contributed by atoms with van der Waals surface area (Å²) in [7, 11) is 0. The number of carbonyl (C=O) groups excluding carboxylic acids is 2. The topological polar surface area (TPSA) is 61.8 Å². The van der Waals surface area contributed by atoms with Crippen LogP contribution in [0.25, 0.3) is 0 Å². The van der Waals surface area contributed by atoms with Crippen LogP contribution in [0.1, 0.15) is 46.5 Å². The number of rotatable bonds is 4. The first-order valence-corrected chi connectivity index (χ1v) is 6.11. The number of ether oxygens (including phenoxy) is 3. The highest BCUT2D eigenvalue weighted by Gasteiger charge is 2.34. The Hall–Kier alpha value is -1.10. The standard InChI is InChI=1S/C12H20O5/c1-4-10(13)16-9-7-6-8(3)15-12(9)17-11(14)5-2/h8-9,12H,4-7H2,1-3H3/t8-,9-,12?/m0/s1. The predicted molar refractivity (Wildman–Crippen MR) is 60.1 cm³/mol. The fourth-order valence-corrected chi connectivity index (χ4v) is 1.60. The molecular weight excluding hydrogens is 224 g/mol. The molecule has 1 unspecified atom stereocenters. The van der Waals surface area contributed by atoms with Gasteiger partial charge in [0.2, 0.25) is 6.29 Å². The fraction of sp³-hybridized carbons (Fsp3) is 0.833. The van der Waals surface area contributed by atoms with E-state index in [1.54, 1.807) is 13.8 Å². The van der Waals surface area contributed by atoms with Crippen LogP contribution in [0.2, 0.25) is 0 Å². The molecule has 5 heteroatoms. The van der Waals surface area contributed by atoms with Crippen LogP contribution in [-0.4, -0.2) is 30.4 Å². The third kappa shape index (κ3) is 4.34. The average Bonchev–Trinajstić information content (AvgIpc) is 2.32. The molecule has 0 spiro atoms. The second kappa shape index (κ2) is 6.59. The molecule has 5 nitrogen and oxygen atoms in total. The summed E-state index contributed by atoms with van der Waals surface area (Å²) in [6, 6.07) is 0. The normalized spacial score (nSPS) is 28.5. The summed E-state index contributed by atoms with van der Waals surface area (Å²) in [5.41, 5.74) is 0. The van der Waals surface area contributed by atoms with E-state index in [-0.39, 0.29) is 24.5 Å². The van der Waals surface area contributed by atoms with Crippen LogP contribution in [0.5, 0.6) is 0 Å². The van der Waals surface area contributed by atoms with Gasteiger partial charge in [0.1, 0.15) is 0 Å². The van der Waals surface area contributed by atoms with E-state index in [0.29, 0.717) is 12.8 Å². The summed E-state index contributed by atoms with van der Waals surface area (Å²) in [6.45, 7) is 5.34. The van der Waals surface area contributed by atoms with Gasteiger partial charge in [0.25, 0.3) is 0 Å². The Balaban J connectivity index is 2.57. The van der Waals surface area contributed by atoms with Gasteiger partial charge in [0.05, 0.1) is 6.10 Å². The molecule has 1 rings (SSSR count). The molecule has 1 aliphatic heterocycles. The van der Waals surface area contributed by atoms with Crippen molar-refractivity contribution in [3.8, 4) is 0 Å². The van der Waals surface area contributed by atoms with Crippen molar-refractivity contribution in [1.29, 1.82) is 0 Å². The van der Waals surface area contributed by atoms with Crippen molar-refractivity contribution in [3.63, 3.8) is 0 Å². The Kier molecular flexibility index (Phi) is 5.41. The molecule has 0 aliphatic carbocycles. The first kappa shape index (κ1) is 14.0. The largest absolute Gasteiger partial charge is 0.456 e. The summed E-state index contributed by atoms with van der Waals surface area (Å²) < 4.78 is 15.8. The van der Waals surface area contributed by atoms with Gasteiger partial charge >= 0.3 is 11.9 Å². The van der Waals surface area contributed by atoms with Gasteiger partial charge in [0.15, 0.2) is 6.10 Å². The number of hydrogen-bond donors (Lipinski definition) is 0. The van der Waals surface area contributed by atoms with Crippen LogP contribution in [0.4, 0.5) is 0 Å². The average molecular weight is 244 g/mol. The predicted octanol–water partition coefficient (Wildman–Crippen LogP) is 1.79. The van der Waals surface area contributed by atoms with E-state index in [9.17, 15) is 9.59 Å². The van der Waals surface area contributed by atoms with E-state index in [2.05, 4.69) is 0 Å². The van der Waals surface area contributed by atoms with Crippen molar-refractivity contribution < 1.29 is 23.8 Å². The second-order valence-electron chi connectivity index (χ2n) is 4.12. The molecule has 0 radical (unpaired) electrons. The second-order valence-corrected chi connectivity index (χ2v) is 4.12. The minimum Gasteiger partial charge on any atom is -0.456 e. The summed E-state index contributed by atoms with van der Waals surface area (Å²) in [6.07, 6.45) is 0.816. The Morgan fingerprint density at radius 2 is 1.71 bits per heavy atom. The summed E-state index contributed by atoms with van der Waals surface area (Å²) in [5, 5.41) is 0. The lowest BCUT2D eigenvalue weighted by molar-refractivity contribution is -0.240. The zero-order valence-electron chi connectivity index (χ0n) is 10.6. The van der Waals surface area contributed by atoms with E-state index in [4.69, 9.17) is 14.2 Å². The highest BCUT2D eigenvalue weighted by molar-refractivity contribution is 5.70. The van der Waals surface area contributed by atoms with E-state index in [0.717, 1.165) is 6.42 Å². The number of esters is 2.